The Bertz CT molecular complexity index is 733. The topological polar surface area (TPSA) is 31.2 Å². The van der Waals surface area contributed by atoms with Crippen LogP contribution in [0.15, 0.2) is 24.3 Å². The average molecular weight is 338 g/mol. The third-order valence-electron chi connectivity index (χ3n) is 3.95. The van der Waals surface area contributed by atoms with Crippen molar-refractivity contribution >= 4 is 29.0 Å². The fourth-order valence-electron chi connectivity index (χ4n) is 2.77. The lowest BCUT2D eigenvalue weighted by atomic mass is 10.1. The van der Waals surface area contributed by atoms with Gasteiger partial charge in [-0.3, -0.25) is 4.79 Å². The van der Waals surface area contributed by atoms with Crippen LogP contribution in [0, 0.1) is 13.8 Å². The van der Waals surface area contributed by atoms with Crippen LogP contribution in [-0.4, -0.2) is 17.0 Å². The summed E-state index contributed by atoms with van der Waals surface area (Å²) in [4.78, 5) is 12.4. The number of hydrogen-bond donors (Lipinski definition) is 0. The van der Waals surface area contributed by atoms with Crippen molar-refractivity contribution in [2.75, 3.05) is 6.61 Å². The zero-order valence-electron chi connectivity index (χ0n) is 12.5. The summed E-state index contributed by atoms with van der Waals surface area (Å²) in [6.45, 7) is 4.00. The van der Waals surface area contributed by atoms with Crippen molar-refractivity contribution in [3.63, 3.8) is 0 Å². The summed E-state index contributed by atoms with van der Waals surface area (Å²) in [6.07, 6.45) is 2.39. The molecule has 0 amide bonds. The van der Waals surface area contributed by atoms with Crippen LogP contribution in [0.3, 0.4) is 0 Å². The monoisotopic (exact) mass is 337 g/mol. The summed E-state index contributed by atoms with van der Waals surface area (Å²) in [5.74, 6) is 0.432. The van der Waals surface area contributed by atoms with Crippen molar-refractivity contribution in [1.82, 2.24) is 4.57 Å². The van der Waals surface area contributed by atoms with Crippen molar-refractivity contribution in [1.29, 1.82) is 0 Å². The Morgan fingerprint density at radius 2 is 2.00 bits per heavy atom. The van der Waals surface area contributed by atoms with Gasteiger partial charge in [-0.2, -0.15) is 0 Å². The molecule has 0 aliphatic heterocycles. The average Bonchev–Trinajstić information content (AvgIpc) is 3.24. The van der Waals surface area contributed by atoms with Crippen molar-refractivity contribution < 1.29 is 9.53 Å². The molecule has 2 aromatic rings. The van der Waals surface area contributed by atoms with E-state index in [-0.39, 0.29) is 12.4 Å². The van der Waals surface area contributed by atoms with Crippen LogP contribution < -0.4 is 4.74 Å². The molecule has 0 bridgehead atoms. The van der Waals surface area contributed by atoms with E-state index in [0.717, 1.165) is 17.0 Å². The largest absolute Gasteiger partial charge is 0.484 e. The molecule has 1 fully saturated rings. The van der Waals surface area contributed by atoms with E-state index in [2.05, 4.69) is 4.57 Å². The first-order valence-corrected chi connectivity index (χ1v) is 8.02. The predicted octanol–water partition coefficient (Wildman–Crippen LogP) is 5.01. The summed E-state index contributed by atoms with van der Waals surface area (Å²) in [6, 6.07) is 7.47. The van der Waals surface area contributed by atoms with Crippen LogP contribution in [0.2, 0.25) is 10.0 Å². The Balaban J connectivity index is 1.73. The van der Waals surface area contributed by atoms with Crippen molar-refractivity contribution in [3.8, 4) is 5.75 Å². The number of aryl methyl sites for hydroxylation is 1. The molecule has 116 valence electrons. The first kappa shape index (κ1) is 15.4. The zero-order chi connectivity index (χ0) is 15.9. The summed E-state index contributed by atoms with van der Waals surface area (Å²) in [7, 11) is 0. The summed E-state index contributed by atoms with van der Waals surface area (Å²) in [5, 5.41) is 0.945. The Kier molecular flexibility index (Phi) is 4.20. The van der Waals surface area contributed by atoms with Gasteiger partial charge >= 0.3 is 0 Å². The highest BCUT2D eigenvalue weighted by atomic mass is 35.5. The van der Waals surface area contributed by atoms with Crippen LogP contribution >= 0.6 is 23.2 Å². The van der Waals surface area contributed by atoms with Crippen LogP contribution in [0.1, 0.15) is 40.6 Å². The molecular formula is C17H17Cl2NO2. The maximum absolute atomic E-state index is 12.4. The maximum Gasteiger partial charge on any atom is 0.202 e. The number of Topliss-reactive ketones (excluding diaryl/α,β-unsaturated/α-hetero) is 1. The summed E-state index contributed by atoms with van der Waals surface area (Å²) < 4.78 is 7.79. The van der Waals surface area contributed by atoms with Gasteiger partial charge in [0.2, 0.25) is 5.78 Å². The normalized spacial score (nSPS) is 14.2. The lowest BCUT2D eigenvalue weighted by molar-refractivity contribution is 0.0921. The molecule has 3 rings (SSSR count). The molecule has 5 heteroatoms. The minimum Gasteiger partial charge on any atom is -0.484 e. The van der Waals surface area contributed by atoms with Crippen molar-refractivity contribution in [2.24, 2.45) is 0 Å². The highest BCUT2D eigenvalue weighted by Crippen LogP contribution is 2.38. The van der Waals surface area contributed by atoms with E-state index in [4.69, 9.17) is 27.9 Å². The summed E-state index contributed by atoms with van der Waals surface area (Å²) in [5.41, 5.74) is 2.89. The van der Waals surface area contributed by atoms with Gasteiger partial charge in [0, 0.05) is 28.0 Å². The van der Waals surface area contributed by atoms with Gasteiger partial charge in [-0.25, -0.2) is 0 Å². The zero-order valence-corrected chi connectivity index (χ0v) is 14.0. The first-order chi connectivity index (χ1) is 10.5. The van der Waals surface area contributed by atoms with Gasteiger partial charge < -0.3 is 9.30 Å². The standard InChI is InChI=1S/C17H17Cl2NO2/c1-10-7-14(11(2)20(10)13-4-5-13)16(21)9-22-17-6-3-12(18)8-15(17)19/h3,6-8,13H,4-5,9H2,1-2H3. The number of benzene rings is 1. The molecular weight excluding hydrogens is 321 g/mol. The van der Waals surface area contributed by atoms with E-state index in [1.165, 1.54) is 12.8 Å². The van der Waals surface area contributed by atoms with Crippen LogP contribution in [0.25, 0.3) is 0 Å². The molecule has 1 saturated carbocycles. The maximum atomic E-state index is 12.4. The number of carbonyl (C=O) groups is 1. The number of carbonyl (C=O) groups excluding carboxylic acids is 1. The minimum atomic E-state index is -0.0361. The van der Waals surface area contributed by atoms with Gasteiger partial charge in [0.25, 0.3) is 0 Å². The number of ketones is 1. The van der Waals surface area contributed by atoms with E-state index in [0.29, 0.717) is 21.8 Å². The van der Waals surface area contributed by atoms with Gasteiger partial charge in [0.1, 0.15) is 5.75 Å². The third-order valence-corrected chi connectivity index (χ3v) is 4.48. The lowest BCUT2D eigenvalue weighted by Crippen LogP contribution is -2.13. The Labute approximate surface area is 139 Å². The van der Waals surface area contributed by atoms with E-state index < -0.39 is 0 Å². The van der Waals surface area contributed by atoms with Gasteiger partial charge in [0.05, 0.1) is 5.02 Å². The Hall–Kier alpha value is -1.45. The molecule has 0 saturated heterocycles. The fourth-order valence-corrected chi connectivity index (χ4v) is 3.23. The smallest absolute Gasteiger partial charge is 0.202 e. The fraction of sp³-hybridized carbons (Fsp3) is 0.353. The number of hydrogen-bond acceptors (Lipinski definition) is 2. The number of ether oxygens (including phenoxy) is 1. The second-order valence-electron chi connectivity index (χ2n) is 5.67. The van der Waals surface area contributed by atoms with Gasteiger partial charge in [-0.1, -0.05) is 23.2 Å². The highest BCUT2D eigenvalue weighted by Gasteiger charge is 2.28. The van der Waals surface area contributed by atoms with E-state index >= 15 is 0 Å². The van der Waals surface area contributed by atoms with Gasteiger partial charge in [-0.15, -0.1) is 0 Å². The molecule has 0 atom stereocenters. The van der Waals surface area contributed by atoms with Crippen molar-refractivity contribution in [3.05, 3.63) is 51.3 Å². The Morgan fingerprint density at radius 1 is 1.27 bits per heavy atom. The SMILES string of the molecule is Cc1cc(C(=O)COc2ccc(Cl)cc2Cl)c(C)n1C1CC1. The molecule has 1 heterocycles. The number of rotatable bonds is 5. The molecule has 1 aromatic heterocycles. The molecule has 0 radical (unpaired) electrons. The second-order valence-corrected chi connectivity index (χ2v) is 6.52. The molecule has 0 spiro atoms. The molecule has 22 heavy (non-hydrogen) atoms. The molecule has 1 aliphatic carbocycles. The number of nitrogens with zero attached hydrogens (tertiary/aromatic N) is 1. The third kappa shape index (κ3) is 3.01. The van der Waals surface area contributed by atoms with Crippen LogP contribution in [-0.2, 0) is 0 Å². The first-order valence-electron chi connectivity index (χ1n) is 7.27. The minimum absolute atomic E-state index is 0.0314. The van der Waals surface area contributed by atoms with Crippen LogP contribution in [0.4, 0.5) is 0 Å². The van der Waals surface area contributed by atoms with Crippen molar-refractivity contribution in [2.45, 2.75) is 32.7 Å². The second kappa shape index (κ2) is 5.98. The number of aromatic nitrogens is 1. The molecule has 1 aliphatic rings. The number of halogens is 2. The lowest BCUT2D eigenvalue weighted by Gasteiger charge is -2.09. The highest BCUT2D eigenvalue weighted by molar-refractivity contribution is 6.35. The van der Waals surface area contributed by atoms with E-state index in [1.54, 1.807) is 18.2 Å². The Morgan fingerprint density at radius 3 is 2.64 bits per heavy atom. The molecule has 0 unspecified atom stereocenters. The molecule has 1 aromatic carbocycles. The summed E-state index contributed by atoms with van der Waals surface area (Å²) >= 11 is 11.9. The van der Waals surface area contributed by atoms with E-state index in [9.17, 15) is 4.79 Å². The van der Waals surface area contributed by atoms with Gasteiger partial charge in [0.15, 0.2) is 6.61 Å². The van der Waals surface area contributed by atoms with E-state index in [1.807, 2.05) is 19.9 Å². The van der Waals surface area contributed by atoms with Crippen LogP contribution in [0.5, 0.6) is 5.75 Å². The predicted molar refractivity (Wildman–Crippen MR) is 88.5 cm³/mol. The van der Waals surface area contributed by atoms with Gasteiger partial charge in [-0.05, 0) is 51.0 Å². The molecule has 3 nitrogen and oxygen atoms in total. The molecule has 0 N–H and O–H groups in total. The quantitative estimate of drug-likeness (QED) is 0.718.